The smallest absolute Gasteiger partial charge is 0.271 e. The van der Waals surface area contributed by atoms with Crippen LogP contribution in [0.2, 0.25) is 0 Å². The van der Waals surface area contributed by atoms with Crippen LogP contribution in [0.4, 0.5) is 10.1 Å². The number of nitrogens with zero attached hydrogens (tertiary/aromatic N) is 2. The summed E-state index contributed by atoms with van der Waals surface area (Å²) in [4.78, 5) is 0. The first kappa shape index (κ1) is 15.4. The van der Waals surface area contributed by atoms with Crippen LogP contribution in [0.1, 0.15) is 25.3 Å². The topological polar surface area (TPSA) is 73.2 Å². The van der Waals surface area contributed by atoms with Gasteiger partial charge in [-0.25, -0.2) is 4.39 Å². The van der Waals surface area contributed by atoms with E-state index >= 15 is 0 Å². The molecule has 0 saturated heterocycles. The molecule has 1 rings (SSSR count). The summed E-state index contributed by atoms with van der Waals surface area (Å²) in [7, 11) is -2.21. The van der Waals surface area contributed by atoms with Gasteiger partial charge < -0.3 is 0 Å². The monoisotopic (exact) mass is 285 g/mol. The first-order chi connectivity index (χ1) is 8.90. The number of hydrogen-bond acceptors (Lipinski definition) is 3. The average Bonchev–Trinajstić information content (AvgIpc) is 2.37. The largest absolute Gasteiger partial charge is 0.301 e. The Bertz CT molecular complexity index is 581. The van der Waals surface area contributed by atoms with Crippen molar-refractivity contribution in [3.05, 3.63) is 29.6 Å². The zero-order valence-electron chi connectivity index (χ0n) is 10.9. The summed E-state index contributed by atoms with van der Waals surface area (Å²) in [5.41, 5.74) is -0.0299. The lowest BCUT2D eigenvalue weighted by molar-refractivity contribution is 0.463. The van der Waals surface area contributed by atoms with Crippen molar-refractivity contribution < 1.29 is 12.8 Å². The van der Waals surface area contributed by atoms with E-state index in [0.29, 0.717) is 6.54 Å². The third-order valence-corrected chi connectivity index (χ3v) is 4.07. The van der Waals surface area contributed by atoms with Gasteiger partial charge in [0, 0.05) is 13.6 Å². The number of unbranched alkanes of at least 4 members (excludes halogenated alkanes) is 1. The second-order valence-electron chi connectivity index (χ2n) is 4.09. The van der Waals surface area contributed by atoms with Crippen LogP contribution in [0, 0.1) is 17.1 Å². The SMILES string of the molecule is CCCCN(C)S(=O)(=O)Nc1ccc(F)c(C#N)c1. The highest BCUT2D eigenvalue weighted by molar-refractivity contribution is 7.90. The fourth-order valence-electron chi connectivity index (χ4n) is 1.40. The third-order valence-electron chi connectivity index (χ3n) is 2.57. The minimum Gasteiger partial charge on any atom is -0.271 e. The molecule has 1 N–H and O–H groups in total. The summed E-state index contributed by atoms with van der Waals surface area (Å²) in [6.07, 6.45) is 1.64. The van der Waals surface area contributed by atoms with Crippen LogP contribution in [-0.2, 0) is 10.2 Å². The Morgan fingerprint density at radius 3 is 2.74 bits per heavy atom. The van der Waals surface area contributed by atoms with Gasteiger partial charge in [-0.15, -0.1) is 0 Å². The zero-order valence-corrected chi connectivity index (χ0v) is 11.7. The predicted octanol–water partition coefficient (Wildman–Crippen LogP) is 2.09. The molecule has 0 aliphatic carbocycles. The zero-order chi connectivity index (χ0) is 14.5. The summed E-state index contributed by atoms with van der Waals surface area (Å²) in [5, 5.41) is 8.69. The van der Waals surface area contributed by atoms with E-state index in [9.17, 15) is 12.8 Å². The van der Waals surface area contributed by atoms with Gasteiger partial charge in [0.15, 0.2) is 0 Å². The highest BCUT2D eigenvalue weighted by Crippen LogP contribution is 2.16. The molecule has 0 aliphatic heterocycles. The van der Waals surface area contributed by atoms with Crippen LogP contribution in [0.3, 0.4) is 0 Å². The molecule has 1 aromatic rings. The number of anilines is 1. The van der Waals surface area contributed by atoms with E-state index in [1.165, 1.54) is 23.5 Å². The van der Waals surface area contributed by atoms with Crippen molar-refractivity contribution >= 4 is 15.9 Å². The molecule has 0 spiro atoms. The van der Waals surface area contributed by atoms with Crippen LogP contribution in [0.5, 0.6) is 0 Å². The molecule has 0 bridgehead atoms. The van der Waals surface area contributed by atoms with Crippen molar-refractivity contribution in [1.29, 1.82) is 5.26 Å². The molecule has 0 saturated carbocycles. The maximum absolute atomic E-state index is 13.1. The van der Waals surface area contributed by atoms with E-state index in [4.69, 9.17) is 5.26 Å². The molecule has 0 aliphatic rings. The number of nitriles is 1. The standard InChI is InChI=1S/C12H16FN3O2S/c1-3-4-7-16(2)19(17,18)15-11-5-6-12(13)10(8-11)9-14/h5-6,8,15H,3-4,7H2,1-2H3. The molecule has 0 fully saturated rings. The van der Waals surface area contributed by atoms with Crippen molar-refractivity contribution in [3.8, 4) is 6.07 Å². The molecule has 5 nitrogen and oxygen atoms in total. The molecule has 0 unspecified atom stereocenters. The van der Waals surface area contributed by atoms with Crippen molar-refractivity contribution in [3.63, 3.8) is 0 Å². The minimum atomic E-state index is -3.67. The molecule has 104 valence electrons. The van der Waals surface area contributed by atoms with Gasteiger partial charge in [0.1, 0.15) is 11.9 Å². The van der Waals surface area contributed by atoms with Gasteiger partial charge in [0.25, 0.3) is 0 Å². The van der Waals surface area contributed by atoms with Gasteiger partial charge in [0.05, 0.1) is 11.3 Å². The van der Waals surface area contributed by atoms with E-state index in [1.54, 1.807) is 6.07 Å². The van der Waals surface area contributed by atoms with Gasteiger partial charge >= 0.3 is 10.2 Å². The van der Waals surface area contributed by atoms with Crippen LogP contribution in [0.25, 0.3) is 0 Å². The molecule has 7 heteroatoms. The average molecular weight is 285 g/mol. The van der Waals surface area contributed by atoms with Crippen molar-refractivity contribution in [2.24, 2.45) is 0 Å². The van der Waals surface area contributed by atoms with E-state index in [1.807, 2.05) is 6.92 Å². The third kappa shape index (κ3) is 4.19. The second-order valence-corrected chi connectivity index (χ2v) is 5.87. The Morgan fingerprint density at radius 1 is 1.47 bits per heavy atom. The molecule has 0 amide bonds. The molecule has 0 atom stereocenters. The summed E-state index contributed by atoms with van der Waals surface area (Å²) in [6.45, 7) is 2.37. The van der Waals surface area contributed by atoms with Crippen molar-refractivity contribution in [2.75, 3.05) is 18.3 Å². The Morgan fingerprint density at radius 2 is 2.16 bits per heavy atom. The van der Waals surface area contributed by atoms with Crippen LogP contribution in [-0.4, -0.2) is 26.3 Å². The van der Waals surface area contributed by atoms with Crippen LogP contribution >= 0.6 is 0 Å². The lowest BCUT2D eigenvalue weighted by atomic mass is 10.2. The lowest BCUT2D eigenvalue weighted by Gasteiger charge is -2.18. The molecule has 0 heterocycles. The quantitative estimate of drug-likeness (QED) is 0.869. The van der Waals surface area contributed by atoms with Crippen LogP contribution < -0.4 is 4.72 Å². The predicted molar refractivity (Wildman–Crippen MR) is 71.2 cm³/mol. The molecular formula is C12H16FN3O2S. The lowest BCUT2D eigenvalue weighted by Crippen LogP contribution is -2.33. The summed E-state index contributed by atoms with van der Waals surface area (Å²) < 4.78 is 40.5. The highest BCUT2D eigenvalue weighted by atomic mass is 32.2. The number of hydrogen-bond donors (Lipinski definition) is 1. The summed E-state index contributed by atoms with van der Waals surface area (Å²) in [6, 6.07) is 5.17. The van der Waals surface area contributed by atoms with Crippen molar-refractivity contribution in [1.82, 2.24) is 4.31 Å². The Kier molecular flexibility index (Phi) is 5.27. The normalized spacial score (nSPS) is 11.3. The first-order valence-electron chi connectivity index (χ1n) is 5.84. The number of nitrogens with one attached hydrogen (secondary N) is 1. The Balaban J connectivity index is 2.87. The molecule has 19 heavy (non-hydrogen) atoms. The van der Waals surface area contributed by atoms with Crippen LogP contribution in [0.15, 0.2) is 18.2 Å². The minimum absolute atomic E-state index is 0.168. The van der Waals surface area contributed by atoms with Gasteiger partial charge in [-0.2, -0.15) is 18.0 Å². The molecule has 1 aromatic carbocycles. The Hall–Kier alpha value is -1.65. The number of halogens is 1. The van der Waals surface area contributed by atoms with Gasteiger partial charge in [-0.1, -0.05) is 13.3 Å². The van der Waals surface area contributed by atoms with Gasteiger partial charge in [-0.3, -0.25) is 4.72 Å². The summed E-state index contributed by atoms with van der Waals surface area (Å²) >= 11 is 0. The van der Waals surface area contributed by atoms with E-state index < -0.39 is 16.0 Å². The second kappa shape index (κ2) is 6.50. The van der Waals surface area contributed by atoms with Gasteiger partial charge in [0.2, 0.25) is 0 Å². The van der Waals surface area contributed by atoms with E-state index in [2.05, 4.69) is 4.72 Å². The first-order valence-corrected chi connectivity index (χ1v) is 7.28. The Labute approximate surface area is 112 Å². The highest BCUT2D eigenvalue weighted by Gasteiger charge is 2.17. The summed E-state index contributed by atoms with van der Waals surface area (Å²) in [5.74, 6) is -0.676. The maximum Gasteiger partial charge on any atom is 0.301 e. The fraction of sp³-hybridized carbons (Fsp3) is 0.417. The number of benzene rings is 1. The fourth-order valence-corrected chi connectivity index (χ4v) is 2.35. The maximum atomic E-state index is 13.1. The van der Waals surface area contributed by atoms with E-state index in [0.717, 1.165) is 18.9 Å². The van der Waals surface area contributed by atoms with E-state index in [-0.39, 0.29) is 11.3 Å². The van der Waals surface area contributed by atoms with Gasteiger partial charge in [-0.05, 0) is 24.6 Å². The molecular weight excluding hydrogens is 269 g/mol. The number of rotatable bonds is 6. The molecule has 0 aromatic heterocycles. The van der Waals surface area contributed by atoms with Crippen molar-refractivity contribution in [2.45, 2.75) is 19.8 Å². The molecule has 0 radical (unpaired) electrons.